The maximum atomic E-state index is 5.62. The fourth-order valence-electron chi connectivity index (χ4n) is 2.16. The Balaban J connectivity index is 1.88. The summed E-state index contributed by atoms with van der Waals surface area (Å²) >= 11 is 0. The van der Waals surface area contributed by atoms with E-state index in [4.69, 9.17) is 18.9 Å². The van der Waals surface area contributed by atoms with Crippen LogP contribution in [0, 0.1) is 0 Å². The molecule has 2 rings (SSSR count). The molecule has 5 nitrogen and oxygen atoms in total. The van der Waals surface area contributed by atoms with Crippen LogP contribution in [0.2, 0.25) is 0 Å². The fraction of sp³-hybridized carbons (Fsp3) is 0.600. The van der Waals surface area contributed by atoms with E-state index in [1.165, 1.54) is 0 Å². The number of hydrogen-bond donors (Lipinski definition) is 1. The van der Waals surface area contributed by atoms with Gasteiger partial charge in [0, 0.05) is 20.3 Å². The minimum Gasteiger partial charge on any atom is -0.493 e. The Morgan fingerprint density at radius 1 is 1.15 bits per heavy atom. The van der Waals surface area contributed by atoms with Gasteiger partial charge in [-0.25, -0.2) is 0 Å². The van der Waals surface area contributed by atoms with Gasteiger partial charge in [-0.2, -0.15) is 0 Å². The summed E-state index contributed by atoms with van der Waals surface area (Å²) in [6, 6.07) is 4.01. The van der Waals surface area contributed by atoms with Crippen LogP contribution in [-0.2, 0) is 11.3 Å². The average molecular weight is 281 g/mol. The van der Waals surface area contributed by atoms with Crippen molar-refractivity contribution in [3.05, 3.63) is 17.7 Å². The monoisotopic (exact) mass is 281 g/mol. The standard InChI is InChI=1S/C15H23NO4/c1-17-6-4-3-5-16-11-12-9-13(18-2)15-14(10-12)19-7-8-20-15/h9-10,16H,3-8,11H2,1-2H3. The third-order valence-electron chi connectivity index (χ3n) is 3.17. The van der Waals surface area contributed by atoms with E-state index >= 15 is 0 Å². The van der Waals surface area contributed by atoms with Crippen molar-refractivity contribution >= 4 is 0 Å². The summed E-state index contributed by atoms with van der Waals surface area (Å²) in [4.78, 5) is 0. The van der Waals surface area contributed by atoms with Crippen LogP contribution in [0.15, 0.2) is 12.1 Å². The molecule has 0 radical (unpaired) electrons. The minimum absolute atomic E-state index is 0.570. The van der Waals surface area contributed by atoms with Gasteiger partial charge in [0.15, 0.2) is 11.5 Å². The van der Waals surface area contributed by atoms with E-state index in [0.29, 0.717) is 19.0 Å². The van der Waals surface area contributed by atoms with Crippen LogP contribution < -0.4 is 19.5 Å². The largest absolute Gasteiger partial charge is 0.493 e. The van der Waals surface area contributed by atoms with Gasteiger partial charge in [-0.1, -0.05) is 0 Å². The Morgan fingerprint density at radius 3 is 2.80 bits per heavy atom. The lowest BCUT2D eigenvalue weighted by Crippen LogP contribution is -2.18. The number of benzene rings is 1. The SMILES string of the molecule is COCCCCNCc1cc(OC)c2c(c1)OCCO2. The molecule has 0 saturated heterocycles. The van der Waals surface area contributed by atoms with Gasteiger partial charge in [-0.05, 0) is 37.1 Å². The van der Waals surface area contributed by atoms with E-state index in [0.717, 1.165) is 49.6 Å². The number of unbranched alkanes of at least 4 members (excludes halogenated alkanes) is 1. The van der Waals surface area contributed by atoms with Crippen LogP contribution >= 0.6 is 0 Å². The van der Waals surface area contributed by atoms with Crippen LogP contribution in [0.5, 0.6) is 17.2 Å². The number of fused-ring (bicyclic) bond motifs is 1. The molecule has 0 saturated carbocycles. The van der Waals surface area contributed by atoms with Crippen molar-refractivity contribution in [1.29, 1.82) is 0 Å². The van der Waals surface area contributed by atoms with Gasteiger partial charge in [-0.3, -0.25) is 0 Å². The van der Waals surface area contributed by atoms with Crippen molar-refractivity contribution in [3.63, 3.8) is 0 Å². The summed E-state index contributed by atoms with van der Waals surface area (Å²) < 4.78 is 21.6. The number of rotatable bonds is 8. The normalized spacial score (nSPS) is 13.3. The van der Waals surface area contributed by atoms with Gasteiger partial charge in [0.1, 0.15) is 13.2 Å². The molecule has 1 N–H and O–H groups in total. The molecule has 0 aromatic heterocycles. The van der Waals surface area contributed by atoms with Gasteiger partial charge in [0.2, 0.25) is 5.75 Å². The van der Waals surface area contributed by atoms with E-state index in [1.54, 1.807) is 14.2 Å². The highest BCUT2D eigenvalue weighted by Gasteiger charge is 2.18. The topological polar surface area (TPSA) is 49.0 Å². The zero-order valence-electron chi connectivity index (χ0n) is 12.2. The third kappa shape index (κ3) is 4.02. The second-order valence-corrected chi connectivity index (χ2v) is 4.70. The van der Waals surface area contributed by atoms with E-state index < -0.39 is 0 Å². The molecular formula is C15H23NO4. The van der Waals surface area contributed by atoms with Gasteiger partial charge in [0.05, 0.1) is 7.11 Å². The number of methoxy groups -OCH3 is 2. The van der Waals surface area contributed by atoms with E-state index in [2.05, 4.69) is 5.32 Å². The molecule has 0 atom stereocenters. The van der Waals surface area contributed by atoms with Crippen LogP contribution in [0.25, 0.3) is 0 Å². The van der Waals surface area contributed by atoms with E-state index in [-0.39, 0.29) is 0 Å². The fourth-order valence-corrected chi connectivity index (χ4v) is 2.16. The molecule has 112 valence electrons. The molecule has 1 aromatic rings. The predicted molar refractivity (Wildman–Crippen MR) is 76.8 cm³/mol. The number of hydrogen-bond acceptors (Lipinski definition) is 5. The summed E-state index contributed by atoms with van der Waals surface area (Å²) in [5.41, 5.74) is 1.14. The Labute approximate surface area is 120 Å². The number of nitrogens with one attached hydrogen (secondary N) is 1. The van der Waals surface area contributed by atoms with Crippen LogP contribution in [0.4, 0.5) is 0 Å². The predicted octanol–water partition coefficient (Wildman–Crippen LogP) is 1.98. The van der Waals surface area contributed by atoms with Gasteiger partial charge in [0.25, 0.3) is 0 Å². The van der Waals surface area contributed by atoms with Crippen molar-refractivity contribution in [2.75, 3.05) is 40.6 Å². The van der Waals surface area contributed by atoms with Crippen molar-refractivity contribution in [3.8, 4) is 17.2 Å². The van der Waals surface area contributed by atoms with Crippen molar-refractivity contribution in [1.82, 2.24) is 5.32 Å². The summed E-state index contributed by atoms with van der Waals surface area (Å²) in [5.74, 6) is 2.22. The lowest BCUT2D eigenvalue weighted by molar-refractivity contribution is 0.165. The average Bonchev–Trinajstić information content (AvgIpc) is 2.50. The van der Waals surface area contributed by atoms with Gasteiger partial charge < -0.3 is 24.3 Å². The van der Waals surface area contributed by atoms with Gasteiger partial charge >= 0.3 is 0 Å². The Morgan fingerprint density at radius 2 is 2.00 bits per heavy atom. The highest BCUT2D eigenvalue weighted by molar-refractivity contribution is 5.54. The van der Waals surface area contributed by atoms with Crippen molar-refractivity contribution in [2.24, 2.45) is 0 Å². The first kappa shape index (κ1) is 14.9. The van der Waals surface area contributed by atoms with E-state index in [9.17, 15) is 0 Å². The molecule has 20 heavy (non-hydrogen) atoms. The zero-order valence-corrected chi connectivity index (χ0v) is 12.2. The first-order valence-electron chi connectivity index (χ1n) is 7.01. The first-order chi connectivity index (χ1) is 9.85. The second-order valence-electron chi connectivity index (χ2n) is 4.70. The maximum absolute atomic E-state index is 5.62. The van der Waals surface area contributed by atoms with Crippen LogP contribution in [0.1, 0.15) is 18.4 Å². The molecule has 1 aliphatic heterocycles. The lowest BCUT2D eigenvalue weighted by atomic mass is 10.1. The number of ether oxygens (including phenoxy) is 4. The van der Waals surface area contributed by atoms with Crippen LogP contribution in [0.3, 0.4) is 0 Å². The molecule has 1 aromatic carbocycles. The molecule has 0 aliphatic carbocycles. The molecule has 0 unspecified atom stereocenters. The molecule has 5 heteroatoms. The summed E-state index contributed by atoms with van der Waals surface area (Å²) in [6.07, 6.45) is 2.18. The molecule has 1 aliphatic rings. The first-order valence-corrected chi connectivity index (χ1v) is 7.01. The van der Waals surface area contributed by atoms with Crippen molar-refractivity contribution < 1.29 is 18.9 Å². The maximum Gasteiger partial charge on any atom is 0.203 e. The highest BCUT2D eigenvalue weighted by atomic mass is 16.6. The highest BCUT2D eigenvalue weighted by Crippen LogP contribution is 2.40. The van der Waals surface area contributed by atoms with Crippen molar-refractivity contribution in [2.45, 2.75) is 19.4 Å². The summed E-state index contributed by atoms with van der Waals surface area (Å²) in [7, 11) is 3.38. The minimum atomic E-state index is 0.570. The quantitative estimate of drug-likeness (QED) is 0.738. The molecule has 1 heterocycles. The molecule has 0 amide bonds. The van der Waals surface area contributed by atoms with E-state index in [1.807, 2.05) is 12.1 Å². The third-order valence-corrected chi connectivity index (χ3v) is 3.17. The Hall–Kier alpha value is -1.46. The molecule has 0 fully saturated rings. The molecule has 0 bridgehead atoms. The Kier molecular flexibility index (Phi) is 5.95. The smallest absolute Gasteiger partial charge is 0.203 e. The zero-order chi connectivity index (χ0) is 14.2. The lowest BCUT2D eigenvalue weighted by Gasteiger charge is -2.21. The summed E-state index contributed by atoms with van der Waals surface area (Å²) in [6.45, 7) is 3.74. The summed E-state index contributed by atoms with van der Waals surface area (Å²) in [5, 5.41) is 3.41. The van der Waals surface area contributed by atoms with Gasteiger partial charge in [-0.15, -0.1) is 0 Å². The Bertz CT molecular complexity index is 405. The molecular weight excluding hydrogens is 258 g/mol. The van der Waals surface area contributed by atoms with Crippen LogP contribution in [-0.4, -0.2) is 40.6 Å². The second kappa shape index (κ2) is 7.97. The molecule has 0 spiro atoms.